The van der Waals surface area contributed by atoms with Crippen LogP contribution in [-0.2, 0) is 6.54 Å². The largest absolute Gasteiger partial charge is 0.395 e. The van der Waals surface area contributed by atoms with E-state index in [1.54, 1.807) is 6.07 Å². The predicted molar refractivity (Wildman–Crippen MR) is 105 cm³/mol. The summed E-state index contributed by atoms with van der Waals surface area (Å²) in [5.74, 6) is -0.186. The van der Waals surface area contributed by atoms with Crippen molar-refractivity contribution in [1.82, 2.24) is 5.32 Å². The molecule has 0 aliphatic heterocycles. The third-order valence-electron chi connectivity index (χ3n) is 4.05. The minimum atomic E-state index is -0.186. The fraction of sp³-hybridized carbons (Fsp3) is 0.136. The van der Waals surface area contributed by atoms with Gasteiger partial charge in [0.2, 0.25) is 0 Å². The first kappa shape index (κ1) is 17.7. The van der Waals surface area contributed by atoms with Gasteiger partial charge in [0, 0.05) is 24.3 Å². The third kappa shape index (κ3) is 4.71. The van der Waals surface area contributed by atoms with Crippen LogP contribution < -0.4 is 10.6 Å². The van der Waals surface area contributed by atoms with Gasteiger partial charge >= 0.3 is 0 Å². The monoisotopic (exact) mass is 346 g/mol. The van der Waals surface area contributed by atoms with Crippen molar-refractivity contribution in [3.05, 3.63) is 90.0 Å². The van der Waals surface area contributed by atoms with Crippen LogP contribution in [0.2, 0.25) is 0 Å². The number of amides is 1. The zero-order chi connectivity index (χ0) is 18.2. The molecule has 0 radical (unpaired) electrons. The Labute approximate surface area is 153 Å². The second-order valence-corrected chi connectivity index (χ2v) is 5.98. The highest BCUT2D eigenvalue weighted by Gasteiger charge is 2.05. The summed E-state index contributed by atoms with van der Waals surface area (Å²) in [6, 6.07) is 26.0. The van der Waals surface area contributed by atoms with Crippen LogP contribution in [0.1, 0.15) is 15.9 Å². The van der Waals surface area contributed by atoms with Crippen LogP contribution in [-0.4, -0.2) is 24.2 Å². The molecule has 3 rings (SSSR count). The van der Waals surface area contributed by atoms with E-state index >= 15 is 0 Å². The molecule has 0 saturated heterocycles. The first-order valence-electron chi connectivity index (χ1n) is 8.63. The van der Waals surface area contributed by atoms with Gasteiger partial charge in [0.05, 0.1) is 6.61 Å². The third-order valence-corrected chi connectivity index (χ3v) is 4.05. The maximum atomic E-state index is 12.0. The van der Waals surface area contributed by atoms with E-state index in [0.29, 0.717) is 12.1 Å². The zero-order valence-corrected chi connectivity index (χ0v) is 14.5. The number of hydrogen-bond acceptors (Lipinski definition) is 3. The van der Waals surface area contributed by atoms with Gasteiger partial charge in [-0.15, -0.1) is 0 Å². The van der Waals surface area contributed by atoms with E-state index in [1.165, 1.54) is 16.7 Å². The van der Waals surface area contributed by atoms with Gasteiger partial charge in [-0.1, -0.05) is 54.6 Å². The van der Waals surface area contributed by atoms with E-state index in [0.717, 1.165) is 5.69 Å². The van der Waals surface area contributed by atoms with Crippen molar-refractivity contribution >= 4 is 11.6 Å². The number of nitrogens with one attached hydrogen (secondary N) is 2. The molecule has 0 spiro atoms. The van der Waals surface area contributed by atoms with Crippen LogP contribution in [0.5, 0.6) is 0 Å². The molecular formula is C22H22N2O2. The van der Waals surface area contributed by atoms with Crippen LogP contribution in [0.15, 0.2) is 78.9 Å². The Morgan fingerprint density at radius 2 is 1.62 bits per heavy atom. The molecule has 26 heavy (non-hydrogen) atoms. The second kappa shape index (κ2) is 8.83. The van der Waals surface area contributed by atoms with E-state index in [1.807, 2.05) is 36.4 Å². The lowest BCUT2D eigenvalue weighted by Crippen LogP contribution is -2.26. The minimum absolute atomic E-state index is 0.0680. The van der Waals surface area contributed by atoms with Gasteiger partial charge in [-0.05, 0) is 41.0 Å². The van der Waals surface area contributed by atoms with Crippen LogP contribution in [0, 0.1) is 0 Å². The first-order valence-corrected chi connectivity index (χ1v) is 8.63. The lowest BCUT2D eigenvalue weighted by Gasteiger charge is -2.10. The quantitative estimate of drug-likeness (QED) is 0.611. The number of carbonyl (C=O) groups excluding carboxylic acids is 1. The van der Waals surface area contributed by atoms with E-state index in [4.69, 9.17) is 5.11 Å². The summed E-state index contributed by atoms with van der Waals surface area (Å²) in [6.07, 6.45) is 0. The van der Waals surface area contributed by atoms with Crippen molar-refractivity contribution in [3.63, 3.8) is 0 Å². The molecule has 0 aromatic heterocycles. The first-order chi connectivity index (χ1) is 12.8. The summed E-state index contributed by atoms with van der Waals surface area (Å²) in [6.45, 7) is 0.854. The van der Waals surface area contributed by atoms with Gasteiger partial charge in [-0.25, -0.2) is 0 Å². The second-order valence-electron chi connectivity index (χ2n) is 5.98. The SMILES string of the molecule is O=C(NCCO)c1cccc(NCc2cccc(-c3ccccc3)c2)c1. The molecule has 1 amide bonds. The molecule has 0 saturated carbocycles. The maximum Gasteiger partial charge on any atom is 0.251 e. The Kier molecular flexibility index (Phi) is 6.01. The highest BCUT2D eigenvalue weighted by molar-refractivity contribution is 5.95. The fourth-order valence-corrected chi connectivity index (χ4v) is 2.74. The molecule has 3 aromatic rings. The Bertz CT molecular complexity index is 863. The van der Waals surface area contributed by atoms with Crippen molar-refractivity contribution in [2.45, 2.75) is 6.54 Å². The fourth-order valence-electron chi connectivity index (χ4n) is 2.74. The predicted octanol–water partition coefficient (Wildman–Crippen LogP) is 3.69. The highest BCUT2D eigenvalue weighted by Crippen LogP contribution is 2.20. The molecule has 0 aliphatic rings. The van der Waals surface area contributed by atoms with Crippen LogP contribution in [0.3, 0.4) is 0 Å². The Hall–Kier alpha value is -3.11. The van der Waals surface area contributed by atoms with Crippen LogP contribution in [0.4, 0.5) is 5.69 Å². The lowest BCUT2D eigenvalue weighted by atomic mass is 10.0. The van der Waals surface area contributed by atoms with Gasteiger partial charge in [-0.2, -0.15) is 0 Å². The van der Waals surface area contributed by atoms with Crippen LogP contribution >= 0.6 is 0 Å². The number of aliphatic hydroxyl groups excluding tert-OH is 1. The van der Waals surface area contributed by atoms with Gasteiger partial charge in [0.15, 0.2) is 0 Å². The van der Waals surface area contributed by atoms with Crippen molar-refractivity contribution in [1.29, 1.82) is 0 Å². The molecule has 3 N–H and O–H groups in total. The summed E-state index contributed by atoms with van der Waals surface area (Å²) >= 11 is 0. The minimum Gasteiger partial charge on any atom is -0.395 e. The molecule has 0 fully saturated rings. The lowest BCUT2D eigenvalue weighted by molar-refractivity contribution is 0.0945. The number of anilines is 1. The number of aliphatic hydroxyl groups is 1. The van der Waals surface area contributed by atoms with Crippen molar-refractivity contribution in [3.8, 4) is 11.1 Å². The van der Waals surface area contributed by atoms with Crippen molar-refractivity contribution in [2.24, 2.45) is 0 Å². The molecule has 0 unspecified atom stereocenters. The molecule has 132 valence electrons. The normalized spacial score (nSPS) is 10.3. The summed E-state index contributed by atoms with van der Waals surface area (Å²) in [4.78, 5) is 12.0. The molecule has 0 atom stereocenters. The Morgan fingerprint density at radius 3 is 2.42 bits per heavy atom. The molecule has 4 heteroatoms. The topological polar surface area (TPSA) is 61.4 Å². The maximum absolute atomic E-state index is 12.0. The Morgan fingerprint density at radius 1 is 0.846 bits per heavy atom. The van der Waals surface area contributed by atoms with Crippen molar-refractivity contribution < 1.29 is 9.90 Å². The van der Waals surface area contributed by atoms with E-state index < -0.39 is 0 Å². The average Bonchev–Trinajstić information content (AvgIpc) is 2.71. The Balaban J connectivity index is 1.67. The zero-order valence-electron chi connectivity index (χ0n) is 14.5. The molecule has 4 nitrogen and oxygen atoms in total. The summed E-state index contributed by atoms with van der Waals surface area (Å²) in [5, 5.41) is 14.8. The van der Waals surface area contributed by atoms with Gasteiger partial charge < -0.3 is 15.7 Å². The summed E-state index contributed by atoms with van der Waals surface area (Å²) < 4.78 is 0. The molecule has 0 heterocycles. The molecule has 0 aliphatic carbocycles. The van der Waals surface area contributed by atoms with E-state index in [9.17, 15) is 4.79 Å². The average molecular weight is 346 g/mol. The number of benzene rings is 3. The van der Waals surface area contributed by atoms with Gasteiger partial charge in [0.25, 0.3) is 5.91 Å². The van der Waals surface area contributed by atoms with E-state index in [-0.39, 0.29) is 19.1 Å². The van der Waals surface area contributed by atoms with Crippen LogP contribution in [0.25, 0.3) is 11.1 Å². The summed E-state index contributed by atoms with van der Waals surface area (Å²) in [5.41, 5.74) is 4.99. The van der Waals surface area contributed by atoms with E-state index in [2.05, 4.69) is 47.0 Å². The number of carbonyl (C=O) groups is 1. The number of rotatable bonds is 7. The molecule has 0 bridgehead atoms. The molecular weight excluding hydrogens is 324 g/mol. The summed E-state index contributed by atoms with van der Waals surface area (Å²) in [7, 11) is 0. The van der Waals surface area contributed by atoms with Crippen molar-refractivity contribution in [2.75, 3.05) is 18.5 Å². The molecule has 3 aromatic carbocycles. The number of hydrogen-bond donors (Lipinski definition) is 3. The smallest absolute Gasteiger partial charge is 0.251 e. The highest BCUT2D eigenvalue weighted by atomic mass is 16.3. The van der Waals surface area contributed by atoms with Gasteiger partial charge in [0.1, 0.15) is 0 Å². The van der Waals surface area contributed by atoms with Gasteiger partial charge in [-0.3, -0.25) is 4.79 Å². The standard InChI is InChI=1S/C22H22N2O2/c25-13-12-23-22(26)20-10-5-11-21(15-20)24-16-17-6-4-9-19(14-17)18-7-2-1-3-8-18/h1-11,14-15,24-25H,12-13,16H2,(H,23,26).